The van der Waals surface area contributed by atoms with Crippen LogP contribution in [0.15, 0.2) is 78.0 Å². The highest BCUT2D eigenvalue weighted by Gasteiger charge is 2.15. The van der Waals surface area contributed by atoms with Gasteiger partial charge in [0.2, 0.25) is 11.1 Å². The number of carbonyl (C=O) groups excluding carboxylic acids is 1. The number of carbonyl (C=O) groups is 1. The van der Waals surface area contributed by atoms with Gasteiger partial charge in [-0.05, 0) is 62.4 Å². The van der Waals surface area contributed by atoms with Gasteiger partial charge in [0.05, 0.1) is 18.0 Å². The third kappa shape index (κ3) is 5.68. The maximum Gasteiger partial charge on any atom is 0.234 e. The van der Waals surface area contributed by atoms with Crippen LogP contribution >= 0.6 is 11.8 Å². The average Bonchev–Trinajstić information content (AvgIpc) is 3.21. The average molecular weight is 476 g/mol. The molecule has 34 heavy (non-hydrogen) atoms. The number of para-hydroxylation sites is 2. The second-order valence-corrected chi connectivity index (χ2v) is 8.32. The standard InChI is InChI=1S/C25H25N5O3S/c1-3-32-19-14-10-18(11-15-19)24-28-29-25(30(24)26)34-16-23(31)27-21-6-4-5-7-22(21)33-20-12-8-17(2)9-13-20/h4-15H,3,16,26H2,1-2H3,(H,27,31). The Morgan fingerprint density at radius 3 is 2.44 bits per heavy atom. The van der Waals surface area contributed by atoms with Gasteiger partial charge in [0.25, 0.3) is 0 Å². The molecule has 1 heterocycles. The highest BCUT2D eigenvalue weighted by molar-refractivity contribution is 7.99. The zero-order valence-corrected chi connectivity index (χ0v) is 19.7. The molecule has 3 N–H and O–H groups in total. The van der Waals surface area contributed by atoms with Crippen molar-refractivity contribution in [1.82, 2.24) is 14.9 Å². The summed E-state index contributed by atoms with van der Waals surface area (Å²) in [4.78, 5) is 12.6. The van der Waals surface area contributed by atoms with E-state index in [-0.39, 0.29) is 11.7 Å². The van der Waals surface area contributed by atoms with Crippen LogP contribution in [-0.2, 0) is 4.79 Å². The van der Waals surface area contributed by atoms with E-state index in [9.17, 15) is 4.79 Å². The second-order valence-electron chi connectivity index (χ2n) is 7.38. The van der Waals surface area contributed by atoms with Gasteiger partial charge < -0.3 is 20.6 Å². The van der Waals surface area contributed by atoms with E-state index in [2.05, 4.69) is 15.5 Å². The predicted molar refractivity (Wildman–Crippen MR) is 134 cm³/mol. The van der Waals surface area contributed by atoms with E-state index in [4.69, 9.17) is 15.3 Å². The molecule has 0 bridgehead atoms. The van der Waals surface area contributed by atoms with E-state index < -0.39 is 0 Å². The van der Waals surface area contributed by atoms with Crippen molar-refractivity contribution < 1.29 is 14.3 Å². The molecule has 0 atom stereocenters. The number of aromatic nitrogens is 3. The monoisotopic (exact) mass is 475 g/mol. The largest absolute Gasteiger partial charge is 0.494 e. The Morgan fingerprint density at radius 2 is 1.71 bits per heavy atom. The third-order valence-corrected chi connectivity index (χ3v) is 5.77. The van der Waals surface area contributed by atoms with E-state index >= 15 is 0 Å². The van der Waals surface area contributed by atoms with Crippen LogP contribution in [0.1, 0.15) is 12.5 Å². The molecule has 0 spiro atoms. The predicted octanol–water partition coefficient (Wildman–Crippen LogP) is 4.89. The van der Waals surface area contributed by atoms with Crippen molar-refractivity contribution in [1.29, 1.82) is 0 Å². The lowest BCUT2D eigenvalue weighted by Gasteiger charge is -2.12. The quantitative estimate of drug-likeness (QED) is 0.262. The maximum atomic E-state index is 12.6. The molecule has 0 saturated carbocycles. The van der Waals surface area contributed by atoms with Crippen LogP contribution < -0.4 is 20.6 Å². The fourth-order valence-corrected chi connectivity index (χ4v) is 3.80. The maximum absolute atomic E-state index is 12.6. The topological polar surface area (TPSA) is 104 Å². The molecule has 4 aromatic rings. The third-order valence-electron chi connectivity index (χ3n) is 4.83. The molecular weight excluding hydrogens is 450 g/mol. The van der Waals surface area contributed by atoms with Crippen LogP contribution in [0.2, 0.25) is 0 Å². The van der Waals surface area contributed by atoms with Crippen molar-refractivity contribution in [3.8, 4) is 28.6 Å². The number of hydrogen-bond acceptors (Lipinski definition) is 7. The highest BCUT2D eigenvalue weighted by Crippen LogP contribution is 2.30. The van der Waals surface area contributed by atoms with E-state index in [0.29, 0.717) is 34.8 Å². The van der Waals surface area contributed by atoms with E-state index in [1.165, 1.54) is 16.4 Å². The number of anilines is 1. The Kier molecular flexibility index (Phi) is 7.34. The van der Waals surface area contributed by atoms with Gasteiger partial charge in [-0.15, -0.1) is 10.2 Å². The fourth-order valence-electron chi connectivity index (χ4n) is 3.15. The van der Waals surface area contributed by atoms with Gasteiger partial charge in [-0.25, -0.2) is 4.68 Å². The first-order chi connectivity index (χ1) is 16.5. The summed E-state index contributed by atoms with van der Waals surface area (Å²) in [5.74, 6) is 8.60. The molecule has 0 aliphatic carbocycles. The molecule has 8 nitrogen and oxygen atoms in total. The van der Waals surface area contributed by atoms with Gasteiger partial charge in [0.15, 0.2) is 11.6 Å². The number of nitrogens with two attached hydrogens (primary N) is 1. The first-order valence-corrected chi connectivity index (χ1v) is 11.7. The summed E-state index contributed by atoms with van der Waals surface area (Å²) in [5.41, 5.74) is 2.53. The SMILES string of the molecule is CCOc1ccc(-c2nnc(SCC(=O)Nc3ccccc3Oc3ccc(C)cc3)n2N)cc1. The van der Waals surface area contributed by atoms with Gasteiger partial charge in [0.1, 0.15) is 11.5 Å². The van der Waals surface area contributed by atoms with Crippen molar-refractivity contribution in [2.24, 2.45) is 0 Å². The number of thioether (sulfide) groups is 1. The van der Waals surface area contributed by atoms with Crippen molar-refractivity contribution >= 4 is 23.4 Å². The molecule has 0 unspecified atom stereocenters. The van der Waals surface area contributed by atoms with Crippen LogP contribution in [0, 0.1) is 6.92 Å². The molecule has 174 valence electrons. The summed E-state index contributed by atoms with van der Waals surface area (Å²) in [7, 11) is 0. The van der Waals surface area contributed by atoms with Crippen LogP contribution in [0.25, 0.3) is 11.4 Å². The van der Waals surface area contributed by atoms with Gasteiger partial charge in [-0.1, -0.05) is 41.6 Å². The summed E-state index contributed by atoms with van der Waals surface area (Å²) < 4.78 is 12.8. The molecule has 3 aromatic carbocycles. The lowest BCUT2D eigenvalue weighted by Crippen LogP contribution is -2.16. The summed E-state index contributed by atoms with van der Waals surface area (Å²) in [6.07, 6.45) is 0. The van der Waals surface area contributed by atoms with Crippen molar-refractivity contribution in [2.75, 3.05) is 23.5 Å². The number of hydrogen-bond donors (Lipinski definition) is 2. The molecule has 0 aliphatic heterocycles. The lowest BCUT2D eigenvalue weighted by atomic mass is 10.2. The molecule has 9 heteroatoms. The zero-order valence-electron chi connectivity index (χ0n) is 18.9. The van der Waals surface area contributed by atoms with Gasteiger partial charge in [-0.2, -0.15) is 0 Å². The number of ether oxygens (including phenoxy) is 2. The number of nitrogens with one attached hydrogen (secondary N) is 1. The fraction of sp³-hybridized carbons (Fsp3) is 0.160. The van der Waals surface area contributed by atoms with Crippen molar-refractivity contribution in [3.05, 3.63) is 78.4 Å². The van der Waals surface area contributed by atoms with Crippen LogP contribution in [0.5, 0.6) is 17.2 Å². The second kappa shape index (κ2) is 10.8. The molecule has 0 fully saturated rings. The van der Waals surface area contributed by atoms with Crippen LogP contribution in [0.4, 0.5) is 5.69 Å². The Bertz CT molecular complexity index is 1260. The summed E-state index contributed by atoms with van der Waals surface area (Å²) in [6, 6.07) is 22.4. The number of rotatable bonds is 9. The van der Waals surface area contributed by atoms with Crippen molar-refractivity contribution in [2.45, 2.75) is 19.0 Å². The minimum absolute atomic E-state index is 0.109. The van der Waals surface area contributed by atoms with Crippen LogP contribution in [-0.4, -0.2) is 33.1 Å². The van der Waals surface area contributed by atoms with Gasteiger partial charge in [0, 0.05) is 5.56 Å². The summed E-state index contributed by atoms with van der Waals surface area (Å²) >= 11 is 1.20. The van der Waals surface area contributed by atoms with E-state index in [0.717, 1.165) is 16.9 Å². The molecule has 4 rings (SSSR count). The minimum Gasteiger partial charge on any atom is -0.494 e. The first-order valence-electron chi connectivity index (χ1n) is 10.7. The molecule has 1 amide bonds. The normalized spacial score (nSPS) is 10.6. The summed E-state index contributed by atoms with van der Waals surface area (Å²) in [5, 5.41) is 11.6. The molecule has 0 saturated heterocycles. The lowest BCUT2D eigenvalue weighted by molar-refractivity contribution is -0.113. The first kappa shape index (κ1) is 23.2. The highest BCUT2D eigenvalue weighted by atomic mass is 32.2. The number of amides is 1. The Morgan fingerprint density at radius 1 is 1.00 bits per heavy atom. The minimum atomic E-state index is -0.212. The van der Waals surface area contributed by atoms with E-state index in [1.807, 2.05) is 80.6 Å². The molecular formula is C25H25N5O3S. The van der Waals surface area contributed by atoms with E-state index in [1.54, 1.807) is 6.07 Å². The van der Waals surface area contributed by atoms with Gasteiger partial charge in [-0.3, -0.25) is 4.79 Å². The summed E-state index contributed by atoms with van der Waals surface area (Å²) in [6.45, 7) is 4.54. The molecule has 1 aromatic heterocycles. The van der Waals surface area contributed by atoms with Crippen molar-refractivity contribution in [3.63, 3.8) is 0 Å². The number of aryl methyl sites for hydroxylation is 1. The Labute approximate surface area is 202 Å². The van der Waals surface area contributed by atoms with Crippen LogP contribution in [0.3, 0.4) is 0 Å². The smallest absolute Gasteiger partial charge is 0.234 e. The zero-order chi connectivity index (χ0) is 23.9. The Hall–Kier alpha value is -3.98. The van der Waals surface area contributed by atoms with Gasteiger partial charge >= 0.3 is 0 Å². The number of nitrogens with zero attached hydrogens (tertiary/aromatic N) is 3. The number of benzene rings is 3. The molecule has 0 aliphatic rings. The molecule has 0 radical (unpaired) electrons. The number of nitrogen functional groups attached to an aromatic ring is 1. The Balaban J connectivity index is 1.38.